The molecule has 0 fully saturated rings. The lowest BCUT2D eigenvalue weighted by Crippen LogP contribution is -2.27. The molecule has 1 N–H and O–H groups in total. The van der Waals surface area contributed by atoms with Crippen LogP contribution in [0.1, 0.15) is 31.8 Å². The molecule has 1 aromatic rings. The Bertz CT molecular complexity index is 666. The van der Waals surface area contributed by atoms with Gasteiger partial charge in [0.2, 0.25) is 0 Å². The Labute approximate surface area is 133 Å². The quantitative estimate of drug-likeness (QED) is 0.441. The first-order chi connectivity index (χ1) is 10.5. The van der Waals surface area contributed by atoms with Crippen molar-refractivity contribution in [1.82, 2.24) is 5.32 Å². The normalized spacial score (nSPS) is 14.8. The molecule has 0 atom stereocenters. The molecule has 1 aromatic carbocycles. The SMILES string of the molecule is C[N+](C)(C)C.O=C1NC(=O)c2c1ccc(C(F)(F)F)c2C(F)(F)F. The number of halogens is 6. The summed E-state index contributed by atoms with van der Waals surface area (Å²) in [4.78, 5) is 22.4. The molecular weight excluding hydrogens is 342 g/mol. The Morgan fingerprint density at radius 3 is 1.67 bits per heavy atom. The van der Waals surface area contributed by atoms with Crippen LogP contribution in [0.4, 0.5) is 26.3 Å². The van der Waals surface area contributed by atoms with E-state index in [9.17, 15) is 35.9 Å². The first-order valence-electron chi connectivity index (χ1n) is 6.49. The van der Waals surface area contributed by atoms with Gasteiger partial charge in [0.1, 0.15) is 0 Å². The summed E-state index contributed by atoms with van der Waals surface area (Å²) in [5.74, 6) is -2.64. The Kier molecular flexibility index (Phi) is 5.05. The maximum atomic E-state index is 12.7. The van der Waals surface area contributed by atoms with E-state index in [1.807, 2.05) is 0 Å². The van der Waals surface area contributed by atoms with Crippen molar-refractivity contribution < 1.29 is 40.4 Å². The molecule has 0 bridgehead atoms. The van der Waals surface area contributed by atoms with Crippen LogP contribution in [0.25, 0.3) is 0 Å². The molecule has 2 rings (SSSR count). The highest BCUT2D eigenvalue weighted by molar-refractivity contribution is 6.22. The van der Waals surface area contributed by atoms with Crippen molar-refractivity contribution in [2.45, 2.75) is 12.4 Å². The summed E-state index contributed by atoms with van der Waals surface area (Å²) in [5.41, 5.74) is -6.14. The predicted molar refractivity (Wildman–Crippen MR) is 72.2 cm³/mol. The number of rotatable bonds is 0. The number of fused-ring (bicyclic) bond motifs is 1. The van der Waals surface area contributed by atoms with E-state index < -0.39 is 46.4 Å². The van der Waals surface area contributed by atoms with Crippen LogP contribution in [0, 0.1) is 0 Å². The van der Waals surface area contributed by atoms with Crippen LogP contribution < -0.4 is 5.32 Å². The lowest BCUT2D eigenvalue weighted by atomic mass is 9.96. The highest BCUT2D eigenvalue weighted by Gasteiger charge is 2.48. The standard InChI is InChI=1S/C10H3F6NO2.C4H12N/c11-9(12,13)4-2-1-3-5(6(4)10(14,15)16)8(19)17-7(3)18;1-5(2,3)4/h1-2H,(H,17,18,19);1-4H3/q;+1. The first kappa shape index (κ1) is 19.9. The molecule has 0 aromatic heterocycles. The molecule has 24 heavy (non-hydrogen) atoms. The van der Waals surface area contributed by atoms with Crippen molar-refractivity contribution in [2.24, 2.45) is 0 Å². The van der Waals surface area contributed by atoms with Gasteiger partial charge < -0.3 is 4.48 Å². The predicted octanol–water partition coefficient (Wildman–Crippen LogP) is 2.93. The van der Waals surface area contributed by atoms with Crippen molar-refractivity contribution in [2.75, 3.05) is 28.2 Å². The summed E-state index contributed by atoms with van der Waals surface area (Å²) < 4.78 is 76.9. The Balaban J connectivity index is 0.000000505. The zero-order valence-corrected chi connectivity index (χ0v) is 13.2. The van der Waals surface area contributed by atoms with Gasteiger partial charge in [-0.1, -0.05) is 0 Å². The number of nitrogens with one attached hydrogen (secondary N) is 1. The summed E-state index contributed by atoms with van der Waals surface area (Å²) >= 11 is 0. The molecule has 1 aliphatic heterocycles. The Hall–Kier alpha value is -2.10. The van der Waals surface area contributed by atoms with Gasteiger partial charge in [-0.3, -0.25) is 14.9 Å². The van der Waals surface area contributed by atoms with Gasteiger partial charge in [-0.2, -0.15) is 26.3 Å². The summed E-state index contributed by atoms with van der Waals surface area (Å²) in [6, 6.07) is 0.688. The number of benzene rings is 1. The fraction of sp³-hybridized carbons (Fsp3) is 0.429. The van der Waals surface area contributed by atoms with E-state index in [1.54, 1.807) is 0 Å². The highest BCUT2D eigenvalue weighted by Crippen LogP contribution is 2.43. The van der Waals surface area contributed by atoms with Crippen LogP contribution in [0.5, 0.6) is 0 Å². The second-order valence-electron chi connectivity index (χ2n) is 6.37. The van der Waals surface area contributed by atoms with Gasteiger partial charge in [-0.25, -0.2) is 0 Å². The van der Waals surface area contributed by atoms with Crippen LogP contribution in [0.2, 0.25) is 0 Å². The number of imide groups is 1. The molecule has 0 saturated heterocycles. The van der Waals surface area contributed by atoms with Gasteiger partial charge in [-0.15, -0.1) is 0 Å². The Morgan fingerprint density at radius 1 is 0.833 bits per heavy atom. The van der Waals surface area contributed by atoms with Crippen molar-refractivity contribution in [3.05, 3.63) is 34.4 Å². The van der Waals surface area contributed by atoms with Crippen LogP contribution in [0.3, 0.4) is 0 Å². The second kappa shape index (κ2) is 6.08. The smallest absolute Gasteiger partial charge is 0.333 e. The number of nitrogens with zero attached hydrogens (tertiary/aromatic N) is 1. The van der Waals surface area contributed by atoms with Crippen molar-refractivity contribution >= 4 is 11.8 Å². The largest absolute Gasteiger partial charge is 0.417 e. The summed E-state index contributed by atoms with van der Waals surface area (Å²) in [7, 11) is 8.50. The van der Waals surface area contributed by atoms with Gasteiger partial charge in [0.25, 0.3) is 11.8 Å². The van der Waals surface area contributed by atoms with E-state index in [2.05, 4.69) is 28.2 Å². The molecule has 0 unspecified atom stereocenters. The number of alkyl halides is 6. The molecule has 10 heteroatoms. The number of hydrogen-bond acceptors (Lipinski definition) is 2. The number of carbonyl (C=O) groups excluding carboxylic acids is 2. The van der Waals surface area contributed by atoms with E-state index >= 15 is 0 Å². The molecule has 1 aliphatic rings. The monoisotopic (exact) mass is 357 g/mol. The van der Waals surface area contributed by atoms with Crippen LogP contribution >= 0.6 is 0 Å². The summed E-state index contributed by atoms with van der Waals surface area (Å²) in [6.45, 7) is 0. The molecule has 0 aliphatic carbocycles. The van der Waals surface area contributed by atoms with E-state index in [4.69, 9.17) is 0 Å². The topological polar surface area (TPSA) is 46.2 Å². The average molecular weight is 357 g/mol. The van der Waals surface area contributed by atoms with Crippen LogP contribution in [-0.4, -0.2) is 44.5 Å². The molecular formula is C14H15F6N2O2+. The number of carbonyl (C=O) groups is 2. The van der Waals surface area contributed by atoms with Crippen LogP contribution in [-0.2, 0) is 12.4 Å². The average Bonchev–Trinajstić information content (AvgIpc) is 2.59. The molecule has 0 radical (unpaired) electrons. The fourth-order valence-electron chi connectivity index (χ4n) is 1.79. The van der Waals surface area contributed by atoms with Gasteiger partial charge in [0, 0.05) is 0 Å². The first-order valence-corrected chi connectivity index (χ1v) is 6.49. The van der Waals surface area contributed by atoms with Gasteiger partial charge in [-0.05, 0) is 12.1 Å². The lowest BCUT2D eigenvalue weighted by Gasteiger charge is -2.17. The van der Waals surface area contributed by atoms with Crippen LogP contribution in [0.15, 0.2) is 12.1 Å². The van der Waals surface area contributed by atoms with Gasteiger partial charge in [0.15, 0.2) is 0 Å². The minimum Gasteiger partial charge on any atom is -0.333 e. The second-order valence-corrected chi connectivity index (χ2v) is 6.37. The number of hydrogen-bond donors (Lipinski definition) is 1. The highest BCUT2D eigenvalue weighted by atomic mass is 19.4. The summed E-state index contributed by atoms with van der Waals surface area (Å²) in [6.07, 6.45) is -10.7. The van der Waals surface area contributed by atoms with E-state index in [0.717, 1.165) is 4.48 Å². The number of amides is 2. The number of quaternary nitrogens is 1. The zero-order valence-electron chi connectivity index (χ0n) is 13.2. The van der Waals surface area contributed by atoms with Gasteiger partial charge >= 0.3 is 12.4 Å². The van der Waals surface area contributed by atoms with E-state index in [1.165, 1.54) is 5.32 Å². The maximum absolute atomic E-state index is 12.7. The zero-order chi connectivity index (χ0) is 19.1. The third-order valence-corrected chi connectivity index (χ3v) is 2.49. The van der Waals surface area contributed by atoms with Gasteiger partial charge in [0.05, 0.1) is 50.4 Å². The maximum Gasteiger partial charge on any atom is 0.417 e. The van der Waals surface area contributed by atoms with Crippen molar-refractivity contribution in [3.8, 4) is 0 Å². The molecule has 0 spiro atoms. The molecule has 0 saturated carbocycles. The van der Waals surface area contributed by atoms with Crippen molar-refractivity contribution in [1.29, 1.82) is 0 Å². The fourth-order valence-corrected chi connectivity index (χ4v) is 1.79. The third kappa shape index (κ3) is 4.70. The Morgan fingerprint density at radius 2 is 1.29 bits per heavy atom. The molecule has 4 nitrogen and oxygen atoms in total. The lowest BCUT2D eigenvalue weighted by molar-refractivity contribution is -0.849. The van der Waals surface area contributed by atoms with E-state index in [0.29, 0.717) is 6.07 Å². The molecule has 134 valence electrons. The molecule has 2 amide bonds. The van der Waals surface area contributed by atoms with Crippen molar-refractivity contribution in [3.63, 3.8) is 0 Å². The molecule has 1 heterocycles. The third-order valence-electron chi connectivity index (χ3n) is 2.49. The minimum absolute atomic E-state index is 0.139. The summed E-state index contributed by atoms with van der Waals surface area (Å²) in [5, 5.41) is 1.53. The minimum atomic E-state index is -5.40. The van der Waals surface area contributed by atoms with E-state index in [-0.39, 0.29) is 6.07 Å².